The molecule has 0 N–H and O–H groups in total. The van der Waals surface area contributed by atoms with Crippen LogP contribution in [0.1, 0.15) is 6.92 Å². The number of carbonyl (C=O) groups is 1. The molecule has 0 saturated carbocycles. The van der Waals surface area contributed by atoms with E-state index in [-0.39, 0.29) is 46.9 Å². The molecule has 0 atom stereocenters. The van der Waals surface area contributed by atoms with Crippen LogP contribution >= 0.6 is 0 Å². The van der Waals surface area contributed by atoms with Crippen LogP contribution in [0.3, 0.4) is 0 Å². The topological polar surface area (TPSA) is 40.1 Å². The monoisotopic (exact) mass is 109 g/mol. The molecule has 4 heteroatoms. The Labute approximate surface area is 69.3 Å². The summed E-state index contributed by atoms with van der Waals surface area (Å²) >= 11 is 0. The Morgan fingerprint density at radius 2 is 1.67 bits per heavy atom. The van der Waals surface area contributed by atoms with Gasteiger partial charge >= 0.3 is 46.9 Å². The van der Waals surface area contributed by atoms with Crippen molar-refractivity contribution < 1.29 is 39.5 Å². The standard InChI is InChI=1S/C2H4O2.Al.Na/c1-2(3)4;;/h1H3,(H,3,4);;/q;+3;+1/p-1. The fourth-order valence-corrected chi connectivity index (χ4v) is 0. The first-order valence-electron chi connectivity index (χ1n) is 0.908. The molecule has 0 bridgehead atoms. The smallest absolute Gasteiger partial charge is 0.550 e. The van der Waals surface area contributed by atoms with Crippen molar-refractivity contribution in [3.63, 3.8) is 0 Å². The van der Waals surface area contributed by atoms with Gasteiger partial charge in [-0.2, -0.15) is 0 Å². The molecule has 0 radical (unpaired) electrons. The van der Waals surface area contributed by atoms with Crippen LogP contribution < -0.4 is 34.7 Å². The number of aliphatic carboxylic acids is 1. The molecule has 6 heavy (non-hydrogen) atoms. The minimum absolute atomic E-state index is 0. The average molecular weight is 109 g/mol. The molecule has 0 spiro atoms. The van der Waals surface area contributed by atoms with Crippen LogP contribution in [0.2, 0.25) is 0 Å². The molecule has 0 heterocycles. The summed E-state index contributed by atoms with van der Waals surface area (Å²) in [6.45, 7) is 0.972. The third-order valence-corrected chi connectivity index (χ3v) is 0. The van der Waals surface area contributed by atoms with Crippen LogP contribution in [-0.2, 0) is 4.79 Å². The second-order valence-corrected chi connectivity index (χ2v) is 0.492. The van der Waals surface area contributed by atoms with Crippen molar-refractivity contribution in [1.29, 1.82) is 0 Å². The zero-order valence-corrected chi connectivity index (χ0v) is 7.05. The summed E-state index contributed by atoms with van der Waals surface area (Å²) in [5, 5.41) is 8.89. The van der Waals surface area contributed by atoms with Crippen molar-refractivity contribution >= 4 is 23.3 Å². The molecule has 0 aromatic rings. The van der Waals surface area contributed by atoms with Crippen LogP contribution in [0.15, 0.2) is 0 Å². The quantitative estimate of drug-likeness (QED) is 0.293. The maximum absolute atomic E-state index is 8.89. The van der Waals surface area contributed by atoms with Gasteiger partial charge in [0.1, 0.15) is 0 Å². The molecular formula is C2H3AlNaO2+3. The second-order valence-electron chi connectivity index (χ2n) is 0.492. The van der Waals surface area contributed by atoms with E-state index in [0.717, 1.165) is 6.92 Å². The molecular weight excluding hydrogens is 106 g/mol. The maximum Gasteiger partial charge on any atom is 3.00 e. The summed E-state index contributed by atoms with van der Waals surface area (Å²) in [6.07, 6.45) is 0. The Bertz CT molecular complexity index is 34.5. The van der Waals surface area contributed by atoms with Crippen molar-refractivity contribution in [3.05, 3.63) is 0 Å². The first-order chi connectivity index (χ1) is 1.73. The Kier molecular flexibility index (Phi) is 24.6. The molecule has 0 unspecified atom stereocenters. The van der Waals surface area contributed by atoms with Crippen LogP contribution in [0.5, 0.6) is 0 Å². The van der Waals surface area contributed by atoms with Gasteiger partial charge in [0.2, 0.25) is 0 Å². The fourth-order valence-electron chi connectivity index (χ4n) is 0. The van der Waals surface area contributed by atoms with Gasteiger partial charge in [0.15, 0.2) is 0 Å². The molecule has 0 aromatic carbocycles. The summed E-state index contributed by atoms with van der Waals surface area (Å²) in [7, 11) is 0. The number of hydrogen-bond donors (Lipinski definition) is 0. The maximum atomic E-state index is 8.89. The number of hydrogen-bond acceptors (Lipinski definition) is 2. The molecule has 2 nitrogen and oxygen atoms in total. The van der Waals surface area contributed by atoms with E-state index in [9.17, 15) is 0 Å². The van der Waals surface area contributed by atoms with Gasteiger partial charge in [-0.1, -0.05) is 0 Å². The van der Waals surface area contributed by atoms with Crippen LogP contribution in [0.4, 0.5) is 0 Å². The Morgan fingerprint density at radius 3 is 1.67 bits per heavy atom. The minimum atomic E-state index is -1.08. The van der Waals surface area contributed by atoms with Crippen LogP contribution in [0.25, 0.3) is 0 Å². The third kappa shape index (κ3) is 79.7. The molecule has 0 fully saturated rings. The predicted molar refractivity (Wildman–Crippen MR) is 16.4 cm³/mol. The van der Waals surface area contributed by atoms with Crippen LogP contribution in [-0.4, -0.2) is 23.3 Å². The van der Waals surface area contributed by atoms with Crippen molar-refractivity contribution in [1.82, 2.24) is 0 Å². The molecule has 24 valence electrons. The van der Waals surface area contributed by atoms with Crippen molar-refractivity contribution in [3.8, 4) is 0 Å². The number of carbonyl (C=O) groups excluding carboxylic acids is 1. The average Bonchev–Trinajstić information content (AvgIpc) is 0.811. The molecule has 0 saturated heterocycles. The molecule has 0 aliphatic heterocycles. The van der Waals surface area contributed by atoms with E-state index in [0.29, 0.717) is 0 Å². The molecule has 0 aromatic heterocycles. The Balaban J connectivity index is -0.0000000450. The summed E-state index contributed by atoms with van der Waals surface area (Å²) in [4.78, 5) is 8.89. The van der Waals surface area contributed by atoms with Crippen LogP contribution in [0, 0.1) is 0 Å². The van der Waals surface area contributed by atoms with Gasteiger partial charge in [0.25, 0.3) is 0 Å². The number of carboxylic acid groups (broad SMARTS) is 1. The molecule has 0 aliphatic rings. The van der Waals surface area contributed by atoms with Gasteiger partial charge in [0, 0.05) is 5.97 Å². The summed E-state index contributed by atoms with van der Waals surface area (Å²) in [5.41, 5.74) is 0. The molecule has 0 amide bonds. The zero-order chi connectivity index (χ0) is 3.58. The van der Waals surface area contributed by atoms with E-state index in [2.05, 4.69) is 0 Å². The van der Waals surface area contributed by atoms with Gasteiger partial charge in [-0.15, -0.1) is 0 Å². The van der Waals surface area contributed by atoms with Gasteiger partial charge in [0.05, 0.1) is 0 Å². The first-order valence-corrected chi connectivity index (χ1v) is 0.908. The Hall–Kier alpha value is 1.00. The fraction of sp³-hybridized carbons (Fsp3) is 0.500. The number of rotatable bonds is 0. The van der Waals surface area contributed by atoms with E-state index in [1.807, 2.05) is 0 Å². The van der Waals surface area contributed by atoms with E-state index in [1.165, 1.54) is 0 Å². The Morgan fingerprint density at radius 1 is 1.67 bits per heavy atom. The summed E-state index contributed by atoms with van der Waals surface area (Å²) < 4.78 is 0. The minimum Gasteiger partial charge on any atom is -0.550 e. The van der Waals surface area contributed by atoms with Gasteiger partial charge in [-0.3, -0.25) is 0 Å². The van der Waals surface area contributed by atoms with E-state index < -0.39 is 5.97 Å². The largest absolute Gasteiger partial charge is 3.00 e. The first kappa shape index (κ1) is 15.7. The normalized spacial score (nSPS) is 4.17. The van der Waals surface area contributed by atoms with E-state index in [4.69, 9.17) is 9.90 Å². The zero-order valence-electron chi connectivity index (χ0n) is 3.89. The molecule has 0 rings (SSSR count). The van der Waals surface area contributed by atoms with E-state index >= 15 is 0 Å². The third-order valence-electron chi connectivity index (χ3n) is 0. The SMILES string of the molecule is CC(=O)[O-].[Al+3].[Na+]. The van der Waals surface area contributed by atoms with Gasteiger partial charge < -0.3 is 9.90 Å². The predicted octanol–water partition coefficient (Wildman–Crippen LogP) is -4.62. The van der Waals surface area contributed by atoms with E-state index in [1.54, 1.807) is 0 Å². The van der Waals surface area contributed by atoms with Gasteiger partial charge in [-0.25, -0.2) is 0 Å². The van der Waals surface area contributed by atoms with Gasteiger partial charge in [-0.05, 0) is 6.92 Å². The van der Waals surface area contributed by atoms with Crippen molar-refractivity contribution in [2.75, 3.05) is 0 Å². The molecule has 0 aliphatic carbocycles. The summed E-state index contributed by atoms with van der Waals surface area (Å²) in [6, 6.07) is 0. The second kappa shape index (κ2) is 9.38. The number of carboxylic acids is 1. The summed E-state index contributed by atoms with van der Waals surface area (Å²) in [5.74, 6) is -1.08. The van der Waals surface area contributed by atoms with Crippen molar-refractivity contribution in [2.45, 2.75) is 6.92 Å². The van der Waals surface area contributed by atoms with Crippen molar-refractivity contribution in [2.24, 2.45) is 0 Å².